The number of hydrogen-bond acceptors (Lipinski definition) is 25. The highest BCUT2D eigenvalue weighted by molar-refractivity contribution is 6.76. The second-order valence-corrected chi connectivity index (χ2v) is 35.9. The summed E-state index contributed by atoms with van der Waals surface area (Å²) in [5, 5.41) is 45.0. The molecule has 0 fully saturated rings. The fraction of sp³-hybridized carbons (Fsp3) is 0.333. The Hall–Kier alpha value is -12.9. The van der Waals surface area contributed by atoms with Gasteiger partial charge < -0.3 is 109 Å². The molecule has 2 unspecified atom stereocenters. The van der Waals surface area contributed by atoms with E-state index in [-0.39, 0.29) is 134 Å². The number of methoxy groups -OCH3 is 7. The molecule has 35 heteroatoms. The Morgan fingerprint density at radius 1 is 0.605 bits per heavy atom. The summed E-state index contributed by atoms with van der Waals surface area (Å²) < 4.78 is 83.5. The van der Waals surface area contributed by atoms with E-state index in [1.54, 1.807) is 63.2 Å². The fourth-order valence-electron chi connectivity index (χ4n) is 13.3. The fourth-order valence-corrected chi connectivity index (χ4v) is 14.2. The maximum atomic E-state index is 16.6. The first-order valence-corrected chi connectivity index (χ1v) is 41.4. The molecule has 0 radical (unpaired) electrons. The molecule has 8 N–H and O–H groups in total. The van der Waals surface area contributed by atoms with E-state index in [0.717, 1.165) is 6.07 Å². The van der Waals surface area contributed by atoms with Crippen molar-refractivity contribution in [1.82, 2.24) is 37.2 Å². The number of ether oxygens (including phenoxy) is 14. The van der Waals surface area contributed by atoms with Gasteiger partial charge in [0.25, 0.3) is 0 Å². The maximum Gasteiger partial charge on any atom is 0.408 e. The molecule has 628 valence electrons. The minimum absolute atomic E-state index is 0.0324. The summed E-state index contributed by atoms with van der Waals surface area (Å²) >= 11 is 7.13. The van der Waals surface area contributed by atoms with E-state index in [9.17, 15) is 29.6 Å². The number of benzene rings is 8. The summed E-state index contributed by atoms with van der Waals surface area (Å²) in [5.74, 6) is -8.05. The first-order chi connectivity index (χ1) is 56.8. The van der Waals surface area contributed by atoms with E-state index >= 15 is 24.0 Å². The largest absolute Gasteiger partial charge is 0.497 e. The minimum atomic E-state index is -2.18. The number of nitro groups is 1. The molecule has 5 aliphatic rings. The Kier molecular flexibility index (Phi) is 27.8. The van der Waals surface area contributed by atoms with Gasteiger partial charge in [0.15, 0.2) is 29.0 Å². The van der Waals surface area contributed by atoms with Crippen LogP contribution in [0.4, 0.5) is 15.3 Å². The lowest BCUT2D eigenvalue weighted by Crippen LogP contribution is -2.55. The number of nitrogens with zero attached hydrogens (tertiary/aromatic N) is 1. The van der Waals surface area contributed by atoms with Crippen LogP contribution in [0.5, 0.6) is 69.0 Å². The maximum absolute atomic E-state index is 16.6. The van der Waals surface area contributed by atoms with E-state index in [0.29, 0.717) is 17.2 Å². The summed E-state index contributed by atoms with van der Waals surface area (Å²) in [7, 11) is 7.54. The van der Waals surface area contributed by atoms with E-state index in [1.807, 2.05) is 0 Å². The summed E-state index contributed by atoms with van der Waals surface area (Å²) in [5.41, 5.74) is -0.706. The third-order valence-corrected chi connectivity index (χ3v) is 21.1. The van der Waals surface area contributed by atoms with Crippen LogP contribution < -0.4 is 79.8 Å². The molecule has 5 heterocycles. The summed E-state index contributed by atoms with van der Waals surface area (Å²) in [6, 6.07) is 22.6. The molecular formula is C84H91ClN8O25Si. The van der Waals surface area contributed by atoms with Gasteiger partial charge in [0, 0.05) is 50.9 Å². The van der Waals surface area contributed by atoms with E-state index < -0.39 is 138 Å². The van der Waals surface area contributed by atoms with Gasteiger partial charge in [-0.3, -0.25) is 34.1 Å². The first kappa shape index (κ1) is 87.0. The quantitative estimate of drug-likeness (QED) is 0.00561. The predicted molar refractivity (Wildman–Crippen MR) is 432 cm³/mol. The number of alkyl carbamates (subject to hydrolysis) is 2. The number of nitrogens with one attached hydrogen (secondary N) is 7. The van der Waals surface area contributed by atoms with Gasteiger partial charge >= 0.3 is 23.8 Å². The third kappa shape index (κ3) is 21.3. The van der Waals surface area contributed by atoms with Crippen LogP contribution in [0.3, 0.4) is 0 Å². The van der Waals surface area contributed by atoms with Crippen LogP contribution in [-0.2, 0) is 65.5 Å². The Morgan fingerprint density at radius 2 is 1.23 bits per heavy atom. The van der Waals surface area contributed by atoms with Gasteiger partial charge in [0.2, 0.25) is 41.0 Å². The number of amides is 7. The van der Waals surface area contributed by atoms with Gasteiger partial charge in [-0.2, -0.15) is 0 Å². The number of hydrogen-bond donors (Lipinski definition) is 8. The Labute approximate surface area is 690 Å². The molecule has 7 amide bonds. The molecule has 5 aliphatic heterocycles. The van der Waals surface area contributed by atoms with Gasteiger partial charge in [0.1, 0.15) is 89.8 Å². The van der Waals surface area contributed by atoms with Crippen LogP contribution >= 0.6 is 11.6 Å². The molecule has 8 aromatic rings. The predicted octanol–water partition coefficient (Wildman–Crippen LogP) is 11.8. The lowest BCUT2D eigenvalue weighted by Gasteiger charge is -2.32. The lowest BCUT2D eigenvalue weighted by molar-refractivity contribution is -0.385. The average molecular weight is 1680 g/mol. The highest BCUT2D eigenvalue weighted by Crippen LogP contribution is 2.49. The number of carbonyl (C=O) groups is 8. The van der Waals surface area contributed by atoms with Crippen molar-refractivity contribution < 1.29 is 115 Å². The number of fused-ring (bicyclic) bond motifs is 15. The van der Waals surface area contributed by atoms with Crippen molar-refractivity contribution in [2.24, 2.45) is 0 Å². The summed E-state index contributed by atoms with van der Waals surface area (Å²) in [6.45, 7) is 10.3. The highest BCUT2D eigenvalue weighted by Gasteiger charge is 2.42. The molecule has 0 aliphatic carbocycles. The Bertz CT molecular complexity index is 5160. The molecule has 0 saturated carbocycles. The molecule has 0 saturated heterocycles. The zero-order chi connectivity index (χ0) is 85.7. The molecular weight excluding hydrogens is 1580 g/mol. The van der Waals surface area contributed by atoms with Crippen LogP contribution in [0.2, 0.25) is 30.7 Å². The monoisotopic (exact) mass is 1670 g/mol. The van der Waals surface area contributed by atoms with Gasteiger partial charge in [0.05, 0.1) is 71.9 Å². The van der Waals surface area contributed by atoms with Crippen molar-refractivity contribution >= 4 is 73.1 Å². The average Bonchev–Trinajstić information content (AvgIpc) is 0.760. The van der Waals surface area contributed by atoms with Gasteiger partial charge in [-0.25, -0.2) is 14.4 Å². The Morgan fingerprint density at radius 3 is 1.87 bits per heavy atom. The Balaban J connectivity index is 1.13. The van der Waals surface area contributed by atoms with E-state index in [2.05, 4.69) is 56.9 Å². The standard InChI is InChI=1S/C84H91ClN8O25Si/c1-84(2,3)118-83(102)92-72(81(100)114-41-44-17-15-14-16-18-44)47-21-26-63(109-8)64(35-47)115-53-32-49(31-51(38-53)106-5)70-78(97)90-71-50-36-66(75(111-10)67(37-50)117-62-23-19-45(30-59(62)93(103)104)29-57(76(95)88-70)87-82(101)113-27-28-119(11,12)13)116-61-25-22-48(34-56(61)85)74(94)73-80(99)86-58(42-112-43-105-4)54-39-52(107-6)40-65(110-9)68(54)55-33-46(20-24-60(55)108-7)69(77(96)91-73)89-79(71)98/h14-26,30-40,57-58,69-74,94H,27-29,41-43H2,1-13H3,(H,86,99)(H,87,101)(H,88,95)(H,89,98)(H,90,97)(H,91,96)(H,92,102)/t57-,58?,69-,70?,71-,72+,73+,74-/m1/s1. The van der Waals surface area contributed by atoms with Gasteiger partial charge in [-0.15, -0.1) is 0 Å². The van der Waals surface area contributed by atoms with E-state index in [1.165, 1.54) is 147 Å². The van der Waals surface area contributed by atoms with Crippen LogP contribution in [0, 0.1) is 10.1 Å². The smallest absolute Gasteiger partial charge is 0.408 e. The van der Waals surface area contributed by atoms with Crippen molar-refractivity contribution in [3.8, 4) is 80.1 Å². The molecule has 0 aromatic heterocycles. The molecule has 0 spiro atoms. The van der Waals surface area contributed by atoms with Crippen molar-refractivity contribution in [3.05, 3.63) is 205 Å². The van der Waals surface area contributed by atoms with Crippen LogP contribution in [0.1, 0.15) is 102 Å². The minimum Gasteiger partial charge on any atom is -0.497 e. The summed E-state index contributed by atoms with van der Waals surface area (Å²) in [6.07, 6.45) is -4.57. The van der Waals surface area contributed by atoms with Gasteiger partial charge in [-0.1, -0.05) is 85.8 Å². The molecule has 8 atom stereocenters. The molecule has 11 bridgehead atoms. The van der Waals surface area contributed by atoms with Crippen molar-refractivity contribution in [3.63, 3.8) is 0 Å². The van der Waals surface area contributed by atoms with Crippen molar-refractivity contribution in [1.29, 1.82) is 0 Å². The lowest BCUT2D eigenvalue weighted by atomic mass is 9.89. The number of aliphatic hydroxyl groups excluding tert-OH is 1. The molecule has 8 aromatic carbocycles. The third-order valence-electron chi connectivity index (χ3n) is 19.1. The second kappa shape index (κ2) is 38.0. The number of halogens is 1. The number of rotatable bonds is 23. The number of aliphatic hydroxyl groups is 1. The molecule has 119 heavy (non-hydrogen) atoms. The normalized spacial score (nSPS) is 18.2. The molecule has 33 nitrogen and oxygen atoms in total. The highest BCUT2D eigenvalue weighted by atomic mass is 35.5. The van der Waals surface area contributed by atoms with Crippen molar-refractivity contribution in [2.75, 3.05) is 69.8 Å². The first-order valence-electron chi connectivity index (χ1n) is 37.3. The van der Waals surface area contributed by atoms with Crippen molar-refractivity contribution in [2.45, 2.75) is 113 Å². The zero-order valence-corrected chi connectivity index (χ0v) is 69.0. The van der Waals surface area contributed by atoms with Crippen LogP contribution in [0.25, 0.3) is 11.1 Å². The number of esters is 1. The molecule has 13 rings (SSSR count). The topological polar surface area (TPSA) is 413 Å². The summed E-state index contributed by atoms with van der Waals surface area (Å²) in [4.78, 5) is 135. The second-order valence-electron chi connectivity index (χ2n) is 29.8. The number of carbonyl (C=O) groups excluding carboxylic acids is 8. The van der Waals surface area contributed by atoms with Gasteiger partial charge in [-0.05, 0) is 144 Å². The number of nitro benzene ring substituents is 1. The zero-order valence-electron chi connectivity index (χ0n) is 67.3. The van der Waals surface area contributed by atoms with Crippen LogP contribution in [0.15, 0.2) is 146 Å². The van der Waals surface area contributed by atoms with Crippen LogP contribution in [-0.4, -0.2) is 153 Å². The van der Waals surface area contributed by atoms with E-state index in [4.69, 9.17) is 77.9 Å². The SMILES string of the molecule is COCOCC1NC(=O)[C@H]2NC(=O)[C@H](NC(=O)[C@@H]3NC(=O)C(c4cc(OC)cc(Oc5cc([C@H](NC(=O)OC(C)(C)C)C(=O)OCc6ccccc6)ccc5OC)c4)NC(=O)[C@H](NC(=O)OCC[Si](C)(C)C)Cc4ccc(c([N+](=O)[O-])c4)Oc4cc3cc(c4OC)Oc3ccc(cc3Cl)[C@H]2O)c2ccc(OC)c(c2)-c2c(OC)cc(OC)cc21.